The zero-order valence-corrected chi connectivity index (χ0v) is 17.6. The lowest BCUT2D eigenvalue weighted by atomic mass is 9.88. The molecular formula is C23H28N2O5. The second-order valence-electron chi connectivity index (χ2n) is 7.95. The fourth-order valence-corrected chi connectivity index (χ4v) is 5.28. The van der Waals surface area contributed by atoms with E-state index in [0.717, 1.165) is 17.7 Å². The van der Waals surface area contributed by atoms with E-state index < -0.39 is 6.04 Å². The Labute approximate surface area is 175 Å². The summed E-state index contributed by atoms with van der Waals surface area (Å²) in [4.78, 5) is 28.1. The molecule has 0 spiro atoms. The lowest BCUT2D eigenvalue weighted by Gasteiger charge is -2.29. The minimum absolute atomic E-state index is 0.0220. The number of benzene rings is 1. The van der Waals surface area contributed by atoms with Crippen LogP contribution in [0.3, 0.4) is 0 Å². The van der Waals surface area contributed by atoms with Crippen LogP contribution in [0.5, 0.6) is 5.75 Å². The van der Waals surface area contributed by atoms with Gasteiger partial charge in [0.25, 0.3) is 5.56 Å². The van der Waals surface area contributed by atoms with Gasteiger partial charge >= 0.3 is 5.97 Å². The first-order valence-electron chi connectivity index (χ1n) is 10.4. The number of likely N-dealkylation sites (tertiary alicyclic amines) is 1. The molecule has 2 aliphatic heterocycles. The minimum Gasteiger partial charge on any atom is -0.496 e. The summed E-state index contributed by atoms with van der Waals surface area (Å²) in [7, 11) is 2.97. The number of aromatic nitrogens is 1. The number of methoxy groups -OCH3 is 2. The van der Waals surface area contributed by atoms with Gasteiger partial charge < -0.3 is 19.1 Å². The molecule has 0 aliphatic carbocycles. The van der Waals surface area contributed by atoms with Crippen molar-refractivity contribution in [3.05, 3.63) is 52.4 Å². The van der Waals surface area contributed by atoms with Crippen LogP contribution in [0.15, 0.2) is 41.2 Å². The number of carbonyl (C=O) groups excluding carboxylic acids is 1. The zero-order valence-electron chi connectivity index (χ0n) is 17.6. The van der Waals surface area contributed by atoms with E-state index in [2.05, 4.69) is 11.8 Å². The number of ether oxygens (including phenoxy) is 2. The molecule has 4 rings (SSSR count). The Bertz CT molecular complexity index is 1000. The van der Waals surface area contributed by atoms with E-state index in [1.807, 2.05) is 36.4 Å². The predicted molar refractivity (Wildman–Crippen MR) is 112 cm³/mol. The van der Waals surface area contributed by atoms with Crippen molar-refractivity contribution < 1.29 is 19.4 Å². The number of esters is 1. The number of aliphatic hydroxyl groups excluding tert-OH is 1. The van der Waals surface area contributed by atoms with Gasteiger partial charge in [-0.05, 0) is 31.2 Å². The maximum absolute atomic E-state index is 13.4. The van der Waals surface area contributed by atoms with Gasteiger partial charge in [-0.3, -0.25) is 14.5 Å². The van der Waals surface area contributed by atoms with Crippen molar-refractivity contribution >= 4 is 5.97 Å². The molecule has 7 nitrogen and oxygen atoms in total. The summed E-state index contributed by atoms with van der Waals surface area (Å²) in [5, 5.41) is 10.1. The highest BCUT2D eigenvalue weighted by Crippen LogP contribution is 2.49. The van der Waals surface area contributed by atoms with Gasteiger partial charge in [-0.1, -0.05) is 25.1 Å². The van der Waals surface area contributed by atoms with Crippen molar-refractivity contribution in [3.63, 3.8) is 0 Å². The van der Waals surface area contributed by atoms with E-state index in [4.69, 9.17) is 9.47 Å². The van der Waals surface area contributed by atoms with Crippen LogP contribution in [0.2, 0.25) is 0 Å². The monoisotopic (exact) mass is 412 g/mol. The number of hydrogen-bond acceptors (Lipinski definition) is 6. The van der Waals surface area contributed by atoms with E-state index in [1.165, 1.54) is 7.11 Å². The lowest BCUT2D eigenvalue weighted by Crippen LogP contribution is -2.43. The summed E-state index contributed by atoms with van der Waals surface area (Å²) in [6.45, 7) is 3.10. The highest BCUT2D eigenvalue weighted by atomic mass is 16.5. The van der Waals surface area contributed by atoms with E-state index in [-0.39, 0.29) is 36.0 Å². The Morgan fingerprint density at radius 2 is 1.93 bits per heavy atom. The van der Waals surface area contributed by atoms with Gasteiger partial charge in [0, 0.05) is 36.2 Å². The lowest BCUT2D eigenvalue weighted by molar-refractivity contribution is -0.148. The van der Waals surface area contributed by atoms with Crippen molar-refractivity contribution in [3.8, 4) is 16.9 Å². The zero-order chi connectivity index (χ0) is 21.4. The minimum atomic E-state index is -0.493. The van der Waals surface area contributed by atoms with Gasteiger partial charge in [-0.2, -0.15) is 0 Å². The van der Waals surface area contributed by atoms with Crippen molar-refractivity contribution in [2.75, 3.05) is 27.4 Å². The smallest absolute Gasteiger partial charge is 0.323 e. The molecule has 30 heavy (non-hydrogen) atoms. The van der Waals surface area contributed by atoms with Gasteiger partial charge in [-0.15, -0.1) is 0 Å². The molecule has 1 saturated heterocycles. The molecular weight excluding hydrogens is 384 g/mol. The third-order valence-electron chi connectivity index (χ3n) is 6.51. The summed E-state index contributed by atoms with van der Waals surface area (Å²) in [6, 6.07) is 10.7. The number of carbonyl (C=O) groups is 1. The van der Waals surface area contributed by atoms with E-state index in [0.29, 0.717) is 24.4 Å². The summed E-state index contributed by atoms with van der Waals surface area (Å²) in [6.07, 6.45) is 0.860. The molecule has 3 heterocycles. The summed E-state index contributed by atoms with van der Waals surface area (Å²) < 4.78 is 12.3. The molecule has 1 aromatic carbocycles. The van der Waals surface area contributed by atoms with Crippen LogP contribution in [0, 0.1) is 11.8 Å². The number of fused-ring (bicyclic) bond motifs is 3. The quantitative estimate of drug-likeness (QED) is 0.732. The molecule has 4 atom stereocenters. The third kappa shape index (κ3) is 3.04. The maximum atomic E-state index is 13.4. The molecule has 2 aromatic rings. The Morgan fingerprint density at radius 3 is 2.60 bits per heavy atom. The van der Waals surface area contributed by atoms with Crippen LogP contribution in [-0.2, 0) is 16.1 Å². The summed E-state index contributed by atoms with van der Waals surface area (Å²) in [5.74, 6) is 0.0330. The summed E-state index contributed by atoms with van der Waals surface area (Å²) >= 11 is 0. The molecule has 0 unspecified atom stereocenters. The van der Waals surface area contributed by atoms with Crippen molar-refractivity contribution in [2.45, 2.75) is 32.0 Å². The van der Waals surface area contributed by atoms with Crippen LogP contribution in [0.1, 0.15) is 25.1 Å². The SMILES string of the molecule is CCCN1[C@@H]2c3ccc(-c4ccccc4OC)c(=O)n3C[C@@H]2[C@@H](CO)[C@@H]1C(=O)OC. The van der Waals surface area contributed by atoms with E-state index >= 15 is 0 Å². The Kier molecular flexibility index (Phi) is 5.66. The Balaban J connectivity index is 1.81. The number of hydrogen-bond donors (Lipinski definition) is 1. The van der Waals surface area contributed by atoms with Crippen molar-refractivity contribution in [1.29, 1.82) is 0 Å². The average Bonchev–Trinajstić information content (AvgIpc) is 3.29. The number of aliphatic hydroxyl groups is 1. The van der Waals surface area contributed by atoms with Gasteiger partial charge in [0.2, 0.25) is 0 Å². The van der Waals surface area contributed by atoms with Crippen LogP contribution in [0.25, 0.3) is 11.1 Å². The Morgan fingerprint density at radius 1 is 1.17 bits per heavy atom. The first-order valence-corrected chi connectivity index (χ1v) is 10.4. The van der Waals surface area contributed by atoms with Crippen molar-refractivity contribution in [2.24, 2.45) is 11.8 Å². The van der Waals surface area contributed by atoms with Crippen LogP contribution in [0.4, 0.5) is 0 Å². The predicted octanol–water partition coefficient (Wildman–Crippen LogP) is 2.07. The fraction of sp³-hybridized carbons (Fsp3) is 0.478. The normalized spacial score (nSPS) is 25.1. The molecule has 7 heteroatoms. The topological polar surface area (TPSA) is 81.0 Å². The maximum Gasteiger partial charge on any atom is 0.323 e. The second-order valence-corrected chi connectivity index (χ2v) is 7.95. The first-order chi connectivity index (χ1) is 14.6. The standard InChI is InChI=1S/C23H28N2O5/c1-4-11-24-20-16(17(13-26)21(24)23(28)30-3)12-25-18(20)10-9-15(22(25)27)14-7-5-6-8-19(14)29-2/h5-10,16-17,20-21,26H,4,11-13H2,1-3H3/t16-,17-,20+,21-/m1/s1. The number of nitrogens with zero attached hydrogens (tertiary/aromatic N) is 2. The Hall–Kier alpha value is -2.64. The largest absolute Gasteiger partial charge is 0.496 e. The molecule has 0 amide bonds. The van der Waals surface area contributed by atoms with E-state index in [1.54, 1.807) is 11.7 Å². The van der Waals surface area contributed by atoms with Gasteiger partial charge in [-0.25, -0.2) is 0 Å². The number of pyridine rings is 1. The third-order valence-corrected chi connectivity index (χ3v) is 6.51. The number of para-hydroxylation sites is 1. The van der Waals surface area contributed by atoms with Crippen LogP contribution in [-0.4, -0.2) is 54.0 Å². The molecule has 2 aliphatic rings. The molecule has 1 aromatic heterocycles. The van der Waals surface area contributed by atoms with Crippen LogP contribution >= 0.6 is 0 Å². The molecule has 0 bridgehead atoms. The highest BCUT2D eigenvalue weighted by molar-refractivity contribution is 5.77. The first kappa shape index (κ1) is 20.6. The van der Waals surface area contributed by atoms with Gasteiger partial charge in [0.15, 0.2) is 0 Å². The number of rotatable bonds is 6. The van der Waals surface area contributed by atoms with Crippen molar-refractivity contribution in [1.82, 2.24) is 9.47 Å². The molecule has 0 radical (unpaired) electrons. The van der Waals surface area contributed by atoms with Gasteiger partial charge in [0.1, 0.15) is 11.8 Å². The molecule has 160 valence electrons. The second kappa shape index (κ2) is 8.24. The highest BCUT2D eigenvalue weighted by Gasteiger charge is 2.55. The molecule has 1 fully saturated rings. The average molecular weight is 412 g/mol. The fourth-order valence-electron chi connectivity index (χ4n) is 5.28. The van der Waals surface area contributed by atoms with Gasteiger partial charge in [0.05, 0.1) is 25.8 Å². The summed E-state index contributed by atoms with van der Waals surface area (Å²) in [5.41, 5.74) is 2.16. The molecule has 0 saturated carbocycles. The van der Waals surface area contributed by atoms with Crippen LogP contribution < -0.4 is 10.3 Å². The van der Waals surface area contributed by atoms with E-state index in [9.17, 15) is 14.7 Å². The molecule has 1 N–H and O–H groups in total.